The molecule has 0 saturated heterocycles. The van der Waals surface area contributed by atoms with Crippen LogP contribution < -0.4 is 4.72 Å². The van der Waals surface area contributed by atoms with Gasteiger partial charge in [0.05, 0.1) is 27.9 Å². The second-order valence-electron chi connectivity index (χ2n) is 8.04. The van der Waals surface area contributed by atoms with Gasteiger partial charge in [0.1, 0.15) is 0 Å². The van der Waals surface area contributed by atoms with Gasteiger partial charge in [-0.15, -0.1) is 0 Å². The molecule has 1 aromatic rings. The minimum Gasteiger partial charge on any atom is -0.388 e. The van der Waals surface area contributed by atoms with Crippen molar-refractivity contribution in [2.24, 2.45) is 0 Å². The molecule has 142 valence electrons. The predicted octanol–water partition coefficient (Wildman–Crippen LogP) is 3.71. The maximum Gasteiger partial charge on any atom is 0.0973 e. The zero-order valence-corrected chi connectivity index (χ0v) is 16.6. The summed E-state index contributed by atoms with van der Waals surface area (Å²) in [6.07, 6.45) is 5.24. The Labute approximate surface area is 155 Å². The summed E-state index contributed by atoms with van der Waals surface area (Å²) in [6, 6.07) is 10.0. The molecule has 1 aliphatic carbocycles. The lowest BCUT2D eigenvalue weighted by Gasteiger charge is -2.41. The molecular formula is C20H33NO3S. The molecule has 0 heterocycles. The van der Waals surface area contributed by atoms with Gasteiger partial charge in [-0.25, -0.2) is 8.93 Å². The van der Waals surface area contributed by atoms with E-state index >= 15 is 0 Å². The van der Waals surface area contributed by atoms with Gasteiger partial charge in [-0.3, -0.25) is 0 Å². The molecule has 5 heteroatoms. The average molecular weight is 368 g/mol. The highest BCUT2D eigenvalue weighted by molar-refractivity contribution is 7.84. The van der Waals surface area contributed by atoms with Gasteiger partial charge in [0.2, 0.25) is 0 Å². The number of aliphatic hydroxyl groups is 1. The van der Waals surface area contributed by atoms with Crippen molar-refractivity contribution in [3.05, 3.63) is 35.9 Å². The third kappa shape index (κ3) is 6.48. The number of hydrogen-bond donors (Lipinski definition) is 2. The van der Waals surface area contributed by atoms with Crippen molar-refractivity contribution in [3.63, 3.8) is 0 Å². The van der Waals surface area contributed by atoms with Crippen LogP contribution in [0.1, 0.15) is 64.9 Å². The van der Waals surface area contributed by atoms with Crippen molar-refractivity contribution in [1.29, 1.82) is 0 Å². The summed E-state index contributed by atoms with van der Waals surface area (Å²) in [4.78, 5) is 0. The topological polar surface area (TPSA) is 58.6 Å². The van der Waals surface area contributed by atoms with Crippen LogP contribution in [0.5, 0.6) is 0 Å². The van der Waals surface area contributed by atoms with Crippen LogP contribution >= 0.6 is 0 Å². The number of hydrogen-bond acceptors (Lipinski definition) is 3. The number of ether oxygens (including phenoxy) is 1. The molecule has 1 saturated carbocycles. The SMILES string of the molecule is CC(C)(C)[S@@](=O)N[C@H]1CCCC[C@@]1(O)CCCOCc1ccccc1. The van der Waals surface area contributed by atoms with Gasteiger partial charge in [-0.1, -0.05) is 43.2 Å². The van der Waals surface area contributed by atoms with Crippen LogP contribution in [0.2, 0.25) is 0 Å². The fourth-order valence-electron chi connectivity index (χ4n) is 3.24. The maximum atomic E-state index is 12.4. The first-order chi connectivity index (χ1) is 11.8. The van der Waals surface area contributed by atoms with Crippen LogP contribution in [0.4, 0.5) is 0 Å². The van der Waals surface area contributed by atoms with Gasteiger partial charge >= 0.3 is 0 Å². The molecule has 2 N–H and O–H groups in total. The lowest BCUT2D eigenvalue weighted by Crippen LogP contribution is -2.55. The molecule has 2 rings (SSSR count). The normalized spacial score (nSPS) is 25.7. The summed E-state index contributed by atoms with van der Waals surface area (Å²) in [7, 11) is -1.16. The smallest absolute Gasteiger partial charge is 0.0973 e. The third-order valence-electron chi connectivity index (χ3n) is 4.82. The molecule has 0 spiro atoms. The van der Waals surface area contributed by atoms with Crippen molar-refractivity contribution < 1.29 is 14.1 Å². The summed E-state index contributed by atoms with van der Waals surface area (Å²) in [5.74, 6) is 0. The molecule has 0 amide bonds. The molecule has 1 aliphatic rings. The van der Waals surface area contributed by atoms with Crippen molar-refractivity contribution in [3.8, 4) is 0 Å². The zero-order chi connectivity index (χ0) is 18.3. The van der Waals surface area contributed by atoms with Crippen LogP contribution in [0, 0.1) is 0 Å². The maximum absolute atomic E-state index is 12.4. The Hall–Kier alpha value is -0.750. The molecule has 25 heavy (non-hydrogen) atoms. The fraction of sp³-hybridized carbons (Fsp3) is 0.700. The molecule has 0 bridgehead atoms. The van der Waals surface area contributed by atoms with Crippen molar-refractivity contribution >= 4 is 11.0 Å². The van der Waals surface area contributed by atoms with Crippen LogP contribution in [-0.4, -0.2) is 32.3 Å². The van der Waals surface area contributed by atoms with E-state index in [1.54, 1.807) is 0 Å². The molecule has 4 nitrogen and oxygen atoms in total. The van der Waals surface area contributed by atoms with E-state index in [-0.39, 0.29) is 10.8 Å². The standard InChI is InChI=1S/C20H33NO3S/c1-19(2,3)25(23)21-18-12-7-8-13-20(18,22)14-9-15-24-16-17-10-5-4-6-11-17/h4-6,10-11,18,21-22H,7-9,12-16H2,1-3H3/t18-,20+,25+/m0/s1. The van der Waals surface area contributed by atoms with Gasteiger partial charge < -0.3 is 9.84 Å². The number of nitrogens with one attached hydrogen (secondary N) is 1. The summed E-state index contributed by atoms with van der Waals surface area (Å²) in [5.41, 5.74) is 0.383. The first kappa shape index (κ1) is 20.6. The van der Waals surface area contributed by atoms with E-state index < -0.39 is 16.6 Å². The van der Waals surface area contributed by atoms with E-state index in [2.05, 4.69) is 16.9 Å². The molecule has 3 atom stereocenters. The first-order valence-corrected chi connectivity index (χ1v) is 10.5. The molecule has 1 fully saturated rings. The Morgan fingerprint density at radius 1 is 1.28 bits per heavy atom. The van der Waals surface area contributed by atoms with Gasteiger partial charge in [-0.05, 0) is 52.0 Å². The molecule has 0 radical (unpaired) electrons. The molecule has 0 aromatic heterocycles. The molecule has 0 unspecified atom stereocenters. The van der Waals surface area contributed by atoms with Crippen molar-refractivity contribution in [2.45, 2.75) is 82.3 Å². The Morgan fingerprint density at radius 2 is 2.00 bits per heavy atom. The zero-order valence-electron chi connectivity index (χ0n) is 15.8. The Morgan fingerprint density at radius 3 is 2.68 bits per heavy atom. The quantitative estimate of drug-likeness (QED) is 0.689. The summed E-state index contributed by atoms with van der Waals surface area (Å²) >= 11 is 0. The van der Waals surface area contributed by atoms with E-state index in [1.807, 2.05) is 39.0 Å². The summed E-state index contributed by atoms with van der Waals surface area (Å²) in [5, 5.41) is 11.1. The lowest BCUT2D eigenvalue weighted by molar-refractivity contribution is -0.0339. The van der Waals surface area contributed by atoms with E-state index in [0.717, 1.165) is 32.1 Å². The van der Waals surface area contributed by atoms with Crippen LogP contribution in [0.3, 0.4) is 0 Å². The summed E-state index contributed by atoms with van der Waals surface area (Å²) < 4.78 is 21.0. The Bertz CT molecular complexity index is 544. The highest BCUT2D eigenvalue weighted by atomic mass is 32.2. The molecule has 0 aliphatic heterocycles. The average Bonchev–Trinajstić information content (AvgIpc) is 2.57. The van der Waals surface area contributed by atoms with Crippen LogP contribution in [0.15, 0.2) is 30.3 Å². The Kier molecular flexibility index (Phi) is 7.62. The van der Waals surface area contributed by atoms with Crippen LogP contribution in [-0.2, 0) is 22.3 Å². The van der Waals surface area contributed by atoms with Gasteiger partial charge in [0.15, 0.2) is 0 Å². The lowest BCUT2D eigenvalue weighted by atomic mass is 9.78. The van der Waals surface area contributed by atoms with E-state index in [4.69, 9.17) is 4.74 Å². The minimum absolute atomic E-state index is 0.101. The summed E-state index contributed by atoms with van der Waals surface area (Å²) in [6.45, 7) is 7.10. The number of benzene rings is 1. The largest absolute Gasteiger partial charge is 0.388 e. The third-order valence-corrected chi connectivity index (χ3v) is 6.43. The van der Waals surface area contributed by atoms with Gasteiger partial charge in [0, 0.05) is 12.6 Å². The number of rotatable bonds is 8. The Balaban J connectivity index is 1.79. The van der Waals surface area contributed by atoms with Crippen molar-refractivity contribution in [2.75, 3.05) is 6.61 Å². The van der Waals surface area contributed by atoms with E-state index in [1.165, 1.54) is 5.56 Å². The van der Waals surface area contributed by atoms with Crippen molar-refractivity contribution in [1.82, 2.24) is 4.72 Å². The fourth-order valence-corrected chi connectivity index (χ4v) is 4.19. The monoisotopic (exact) mass is 367 g/mol. The van der Waals surface area contributed by atoms with E-state index in [0.29, 0.717) is 19.6 Å². The minimum atomic E-state index is -1.16. The van der Waals surface area contributed by atoms with Gasteiger partial charge in [-0.2, -0.15) is 0 Å². The second-order valence-corrected chi connectivity index (χ2v) is 10.0. The predicted molar refractivity (Wildman–Crippen MR) is 104 cm³/mol. The van der Waals surface area contributed by atoms with Crippen LogP contribution in [0.25, 0.3) is 0 Å². The first-order valence-electron chi connectivity index (χ1n) is 9.33. The van der Waals surface area contributed by atoms with Gasteiger partial charge in [0.25, 0.3) is 0 Å². The second kappa shape index (κ2) is 9.26. The molecule has 1 aromatic carbocycles. The van der Waals surface area contributed by atoms with E-state index in [9.17, 15) is 9.32 Å². The highest BCUT2D eigenvalue weighted by Gasteiger charge is 2.40. The highest BCUT2D eigenvalue weighted by Crippen LogP contribution is 2.33. The molecular weight excluding hydrogens is 334 g/mol.